The number of benzene rings is 1. The van der Waals surface area contributed by atoms with E-state index in [1.54, 1.807) is 0 Å². The van der Waals surface area contributed by atoms with Gasteiger partial charge in [-0.2, -0.15) is 4.89 Å². The third-order valence-electron chi connectivity index (χ3n) is 4.38. The van der Waals surface area contributed by atoms with Crippen LogP contribution >= 0.6 is 15.2 Å². The van der Waals surface area contributed by atoms with Gasteiger partial charge in [0, 0.05) is 5.69 Å². The summed E-state index contributed by atoms with van der Waals surface area (Å²) in [4.78, 5) is 47.4. The van der Waals surface area contributed by atoms with Gasteiger partial charge in [0.25, 0.3) is 0 Å². The Balaban J connectivity index is 2.08. The fourth-order valence-corrected chi connectivity index (χ4v) is 4.33. The van der Waals surface area contributed by atoms with E-state index in [0.29, 0.717) is 6.92 Å². The van der Waals surface area contributed by atoms with Gasteiger partial charge in [0.15, 0.2) is 11.9 Å². The first-order chi connectivity index (χ1) is 13.3. The third-order valence-corrected chi connectivity index (χ3v) is 8.44. The zero-order valence-electron chi connectivity index (χ0n) is 15.1. The molecule has 1 heterocycles. The molecular weight excluding hydrogens is 436 g/mol. The highest BCUT2D eigenvalue weighted by atomic mass is 31.2. The highest BCUT2D eigenvalue weighted by Gasteiger charge is 2.56. The predicted molar refractivity (Wildman–Crippen MR) is 96.9 cm³/mol. The van der Waals surface area contributed by atoms with Crippen LogP contribution < -0.4 is 10.2 Å². The van der Waals surface area contributed by atoms with Crippen molar-refractivity contribution in [3.05, 3.63) is 24.3 Å². The fourth-order valence-electron chi connectivity index (χ4n) is 2.42. The van der Waals surface area contributed by atoms with E-state index >= 15 is 0 Å². The van der Waals surface area contributed by atoms with Crippen LogP contribution in [0, 0.1) is 0 Å². The van der Waals surface area contributed by atoms with Crippen LogP contribution in [0.5, 0.6) is 5.75 Å². The van der Waals surface area contributed by atoms with Crippen molar-refractivity contribution in [2.45, 2.75) is 36.4 Å². The van der Waals surface area contributed by atoms with Crippen molar-refractivity contribution < 1.29 is 58.5 Å². The zero-order chi connectivity index (χ0) is 22.0. The van der Waals surface area contributed by atoms with Gasteiger partial charge < -0.3 is 49.8 Å². The van der Waals surface area contributed by atoms with Crippen LogP contribution in [0.4, 0.5) is 5.69 Å². The minimum atomic E-state index is -5.26. The Labute approximate surface area is 165 Å². The number of aliphatic hydroxyl groups is 3. The lowest BCUT2D eigenvalue weighted by molar-refractivity contribution is -0.320. The van der Waals surface area contributed by atoms with E-state index in [-0.39, 0.29) is 18.0 Å². The number of anilines is 1. The summed E-state index contributed by atoms with van der Waals surface area (Å²) in [5.41, 5.74) is -0.0313. The largest absolute Gasteiger partial charge is 0.394 e. The lowest BCUT2D eigenvalue weighted by Gasteiger charge is -2.35. The van der Waals surface area contributed by atoms with Crippen molar-refractivity contribution in [1.29, 1.82) is 0 Å². The van der Waals surface area contributed by atoms with Gasteiger partial charge in [0.2, 0.25) is 5.02 Å². The summed E-state index contributed by atoms with van der Waals surface area (Å²) in [6.45, 7) is 0.0153. The van der Waals surface area contributed by atoms with Crippen LogP contribution in [-0.2, 0) is 18.8 Å². The van der Waals surface area contributed by atoms with Crippen LogP contribution in [0.3, 0.4) is 0 Å². The Morgan fingerprint density at radius 3 is 2.17 bits per heavy atom. The topological polar surface area (TPSA) is 215 Å². The molecular formula is C14H23NO12P2. The zero-order valence-corrected chi connectivity index (χ0v) is 16.9. The second-order valence-corrected chi connectivity index (χ2v) is 10.8. The van der Waals surface area contributed by atoms with Crippen LogP contribution in [0.2, 0.25) is 0 Å². The monoisotopic (exact) mass is 459 g/mol. The molecule has 0 radical (unpaired) electrons. The Morgan fingerprint density at radius 1 is 1.14 bits per heavy atom. The molecule has 1 aliphatic heterocycles. The molecule has 1 fully saturated rings. The lowest BCUT2D eigenvalue weighted by Crippen LogP contribution is -2.55. The van der Waals surface area contributed by atoms with Crippen LogP contribution in [0.15, 0.2) is 24.3 Å². The van der Waals surface area contributed by atoms with Crippen LogP contribution in [0.1, 0.15) is 6.92 Å². The van der Waals surface area contributed by atoms with Crippen LogP contribution in [0.25, 0.3) is 0 Å². The van der Waals surface area contributed by atoms with E-state index < -0.39 is 51.2 Å². The molecule has 1 saturated heterocycles. The summed E-state index contributed by atoms with van der Waals surface area (Å²) in [5, 5.41) is 28.1. The van der Waals surface area contributed by atoms with Gasteiger partial charge >= 0.3 is 15.2 Å². The maximum atomic E-state index is 11.6. The number of nitrogens with one attached hydrogen (secondary N) is 1. The molecule has 166 valence electrons. The van der Waals surface area contributed by atoms with Crippen molar-refractivity contribution in [3.63, 3.8) is 0 Å². The van der Waals surface area contributed by atoms with Gasteiger partial charge in [-0.15, -0.1) is 0 Å². The van der Waals surface area contributed by atoms with E-state index in [2.05, 4.69) is 5.32 Å². The standard InChI is InChI=1S/C14H23NO12P2/c1-14(28(19,20)21,29(22,23)24)15-8-2-4-9(5-3-8)26-27-13-11(6-16)25-7-10(17)12(13)18/h2-5,10-13,15-18H,6-7H2,1H3,(H2,19,20,21)(H2,22,23,24)/t10-,11+,12+,13+/m0/s1. The molecule has 1 aliphatic rings. The molecule has 13 nitrogen and oxygen atoms in total. The highest BCUT2D eigenvalue weighted by Crippen LogP contribution is 2.68. The van der Waals surface area contributed by atoms with Crippen molar-refractivity contribution in [2.24, 2.45) is 0 Å². The molecule has 0 bridgehead atoms. The second-order valence-electron chi connectivity index (χ2n) is 6.51. The summed E-state index contributed by atoms with van der Waals surface area (Å²) < 4.78 is 28.3. The summed E-state index contributed by atoms with van der Waals surface area (Å²) >= 11 is 0. The van der Waals surface area contributed by atoms with Crippen LogP contribution in [-0.4, -0.2) is 77.5 Å². The Kier molecular flexibility index (Phi) is 7.48. The summed E-state index contributed by atoms with van der Waals surface area (Å²) in [6.07, 6.45) is -4.76. The quantitative estimate of drug-likeness (QED) is 0.132. The molecule has 29 heavy (non-hydrogen) atoms. The van der Waals surface area contributed by atoms with E-state index in [1.807, 2.05) is 0 Å². The summed E-state index contributed by atoms with van der Waals surface area (Å²) in [6, 6.07) is 4.94. The average Bonchev–Trinajstić information content (AvgIpc) is 2.62. The first kappa shape index (κ1) is 24.2. The van der Waals surface area contributed by atoms with Crippen molar-refractivity contribution in [3.8, 4) is 5.75 Å². The maximum absolute atomic E-state index is 11.6. The molecule has 0 aliphatic carbocycles. The Morgan fingerprint density at radius 2 is 1.69 bits per heavy atom. The van der Waals surface area contributed by atoms with Gasteiger partial charge in [0.05, 0.1) is 13.2 Å². The van der Waals surface area contributed by atoms with Crippen molar-refractivity contribution >= 4 is 20.9 Å². The molecule has 8 N–H and O–H groups in total. The molecule has 0 spiro atoms. The number of hydrogen-bond acceptors (Lipinski definition) is 9. The number of ether oxygens (including phenoxy) is 1. The normalized spacial score (nSPS) is 26.2. The molecule has 4 atom stereocenters. The molecule has 0 aromatic heterocycles. The first-order valence-corrected chi connectivity index (χ1v) is 11.4. The smallest absolute Gasteiger partial charge is 0.362 e. The van der Waals surface area contributed by atoms with Gasteiger partial charge in [-0.1, -0.05) is 0 Å². The number of hydrogen-bond donors (Lipinski definition) is 8. The second kappa shape index (κ2) is 8.96. The van der Waals surface area contributed by atoms with E-state index in [0.717, 1.165) is 0 Å². The average molecular weight is 459 g/mol. The highest BCUT2D eigenvalue weighted by molar-refractivity contribution is 7.72. The van der Waals surface area contributed by atoms with E-state index in [9.17, 15) is 44.0 Å². The van der Waals surface area contributed by atoms with Gasteiger partial charge in [-0.25, -0.2) is 0 Å². The van der Waals surface area contributed by atoms with Gasteiger partial charge in [0.1, 0.15) is 18.3 Å². The van der Waals surface area contributed by atoms with Gasteiger partial charge in [-0.05, 0) is 31.2 Å². The van der Waals surface area contributed by atoms with E-state index in [4.69, 9.17) is 14.5 Å². The minimum Gasteiger partial charge on any atom is -0.394 e. The fraction of sp³-hybridized carbons (Fsp3) is 0.571. The van der Waals surface area contributed by atoms with Gasteiger partial charge in [-0.3, -0.25) is 9.13 Å². The molecule has 0 saturated carbocycles. The SMILES string of the molecule is CC(Nc1ccc(OO[C@H]2[C@H](O)[C@@H](O)CO[C@@H]2CO)cc1)(P(=O)(O)O)P(=O)(O)O. The van der Waals surface area contributed by atoms with Crippen molar-refractivity contribution in [1.82, 2.24) is 0 Å². The minimum absolute atomic E-state index is 0.0313. The molecule has 1 aromatic rings. The third kappa shape index (κ3) is 5.35. The number of aliphatic hydroxyl groups excluding tert-OH is 3. The lowest BCUT2D eigenvalue weighted by atomic mass is 10.0. The summed E-state index contributed by atoms with van der Waals surface area (Å²) in [7, 11) is -10.5. The summed E-state index contributed by atoms with van der Waals surface area (Å²) in [5.74, 6) is 0.0496. The molecule has 15 heteroatoms. The Hall–Kier alpha value is -1.08. The first-order valence-electron chi connectivity index (χ1n) is 8.21. The molecule has 0 amide bonds. The number of rotatable bonds is 8. The molecule has 0 unspecified atom stereocenters. The van der Waals surface area contributed by atoms with E-state index in [1.165, 1.54) is 24.3 Å². The molecule has 1 aromatic carbocycles. The predicted octanol–water partition coefficient (Wildman–Crippen LogP) is -1.08. The maximum Gasteiger partial charge on any atom is 0.362 e. The van der Waals surface area contributed by atoms with Crippen molar-refractivity contribution in [2.75, 3.05) is 18.5 Å². The Bertz CT molecular complexity index is 753. The molecule has 2 rings (SSSR count).